The lowest BCUT2D eigenvalue weighted by molar-refractivity contribution is -0.306. The number of ether oxygens (including phenoxy) is 6. The van der Waals surface area contributed by atoms with E-state index in [9.17, 15) is 35.1 Å². The molecule has 0 unspecified atom stereocenters. The minimum atomic E-state index is -1.99. The molecular formula is C35H63NO13. The highest BCUT2D eigenvalue weighted by Gasteiger charge is 2.51. The second-order valence-electron chi connectivity index (χ2n) is 15.4. The molecule has 49 heavy (non-hydrogen) atoms. The average molecular weight is 706 g/mol. The number of Topliss-reactive ketones (excluding diaryl/α,β-unsaturated/α-hetero) is 1. The molecule has 0 radical (unpaired) electrons. The van der Waals surface area contributed by atoms with Gasteiger partial charge >= 0.3 is 5.97 Å². The molecule has 0 aliphatic carbocycles. The fourth-order valence-corrected chi connectivity index (χ4v) is 7.62. The number of esters is 1. The topological polar surface area (TPSA) is 203 Å². The Balaban J connectivity index is 2.11. The number of carbonyl (C=O) groups is 2. The van der Waals surface area contributed by atoms with Gasteiger partial charge in [0.1, 0.15) is 29.7 Å². The van der Waals surface area contributed by atoms with Crippen LogP contribution in [0.3, 0.4) is 0 Å². The van der Waals surface area contributed by atoms with Crippen LogP contribution in [-0.4, -0.2) is 136 Å². The predicted molar refractivity (Wildman–Crippen MR) is 177 cm³/mol. The van der Waals surface area contributed by atoms with Crippen LogP contribution in [0.1, 0.15) is 94.4 Å². The van der Waals surface area contributed by atoms with E-state index < -0.39 is 102 Å². The average Bonchev–Trinajstić information content (AvgIpc) is 3.04. The molecule has 3 rings (SSSR count). The van der Waals surface area contributed by atoms with Gasteiger partial charge < -0.3 is 59.3 Å². The van der Waals surface area contributed by atoms with Crippen LogP contribution in [-0.2, 0) is 38.0 Å². The molecule has 3 aliphatic heterocycles. The van der Waals surface area contributed by atoms with E-state index in [1.54, 1.807) is 41.7 Å². The molecule has 3 aliphatic rings. The Labute approximate surface area is 291 Å². The van der Waals surface area contributed by atoms with E-state index in [4.69, 9.17) is 28.4 Å². The summed E-state index contributed by atoms with van der Waals surface area (Å²) < 4.78 is 36.5. The van der Waals surface area contributed by atoms with E-state index in [-0.39, 0.29) is 37.8 Å². The third-order valence-corrected chi connectivity index (χ3v) is 11.2. The lowest BCUT2D eigenvalue weighted by Crippen LogP contribution is -2.59. The third-order valence-electron chi connectivity index (χ3n) is 11.2. The van der Waals surface area contributed by atoms with Gasteiger partial charge in [0.05, 0.1) is 47.6 Å². The predicted octanol–water partition coefficient (Wildman–Crippen LogP) is 1.20. The number of ketones is 1. The summed E-state index contributed by atoms with van der Waals surface area (Å²) in [5, 5.41) is 60.0. The number of aliphatic hydroxyl groups is 5. The Bertz CT molecular complexity index is 1110. The number of carbonyl (C=O) groups excluding carboxylic acids is 2. The Kier molecular flexibility index (Phi) is 14.2. The second-order valence-corrected chi connectivity index (χ2v) is 15.4. The molecule has 3 saturated heterocycles. The summed E-state index contributed by atoms with van der Waals surface area (Å²) in [6, 6.07) is -0.366. The maximum Gasteiger partial charge on any atom is 0.311 e. The Morgan fingerprint density at radius 2 is 1.53 bits per heavy atom. The van der Waals surface area contributed by atoms with E-state index in [0.717, 1.165) is 0 Å². The van der Waals surface area contributed by atoms with Crippen LogP contribution >= 0.6 is 0 Å². The van der Waals surface area contributed by atoms with Gasteiger partial charge in [-0.15, -0.1) is 0 Å². The smallest absolute Gasteiger partial charge is 0.311 e. The molecule has 14 nitrogen and oxygen atoms in total. The van der Waals surface area contributed by atoms with Crippen molar-refractivity contribution in [3.63, 3.8) is 0 Å². The van der Waals surface area contributed by atoms with Crippen molar-refractivity contribution in [3.05, 3.63) is 0 Å². The normalized spacial score (nSPS) is 49.6. The molecule has 0 bridgehead atoms. The molecule has 0 amide bonds. The van der Waals surface area contributed by atoms with Crippen LogP contribution in [0.15, 0.2) is 0 Å². The van der Waals surface area contributed by atoms with Crippen LogP contribution in [0.4, 0.5) is 0 Å². The van der Waals surface area contributed by atoms with E-state index in [1.807, 2.05) is 6.92 Å². The minimum Gasteiger partial charge on any atom is -0.459 e. The molecule has 17 atom stereocenters. The fraction of sp³-hybridized carbons (Fsp3) is 0.943. The zero-order valence-electron chi connectivity index (χ0n) is 31.1. The van der Waals surface area contributed by atoms with Crippen molar-refractivity contribution in [1.82, 2.24) is 5.32 Å². The largest absolute Gasteiger partial charge is 0.459 e. The molecule has 3 heterocycles. The quantitative estimate of drug-likeness (QED) is 0.206. The lowest BCUT2D eigenvalue weighted by Gasteiger charge is -2.46. The molecule has 0 aromatic heterocycles. The number of hydrogen-bond acceptors (Lipinski definition) is 14. The molecule has 0 saturated carbocycles. The van der Waals surface area contributed by atoms with E-state index in [0.29, 0.717) is 6.42 Å². The first-order chi connectivity index (χ1) is 22.6. The lowest BCUT2D eigenvalue weighted by atomic mass is 9.76. The van der Waals surface area contributed by atoms with E-state index >= 15 is 0 Å². The molecule has 0 spiro atoms. The van der Waals surface area contributed by atoms with Crippen LogP contribution in [0.5, 0.6) is 0 Å². The molecule has 6 N–H and O–H groups in total. The van der Waals surface area contributed by atoms with Gasteiger partial charge in [0, 0.05) is 37.8 Å². The Morgan fingerprint density at radius 1 is 0.898 bits per heavy atom. The van der Waals surface area contributed by atoms with Gasteiger partial charge in [-0.1, -0.05) is 20.8 Å². The van der Waals surface area contributed by atoms with Crippen molar-refractivity contribution in [1.29, 1.82) is 0 Å². The highest BCUT2D eigenvalue weighted by molar-refractivity contribution is 5.83. The SMILES string of the molecule is CC[C@H]1OC(=O)[C@H](C)[C@@H](O[C@H]2C[C@@](C)(OC)[C@@H](O)[C@H](C)O2)C[C@@H](O[C@@H]2O[C@H](C)C[C@H](NC)[C@H]2O)[C@](C)(O)C[C@@H](C)C(=O)[C@H](C)[C@@H](O)[C@]1(C)O. The van der Waals surface area contributed by atoms with Crippen molar-refractivity contribution < 1.29 is 63.5 Å². The Morgan fingerprint density at radius 3 is 2.10 bits per heavy atom. The monoisotopic (exact) mass is 705 g/mol. The van der Waals surface area contributed by atoms with Crippen molar-refractivity contribution in [3.8, 4) is 0 Å². The van der Waals surface area contributed by atoms with Crippen LogP contribution in [0.2, 0.25) is 0 Å². The fourth-order valence-electron chi connectivity index (χ4n) is 7.62. The first-order valence-electron chi connectivity index (χ1n) is 17.7. The first kappa shape index (κ1) is 42.1. The number of rotatable bonds is 7. The number of aliphatic hydroxyl groups excluding tert-OH is 3. The standard InChI is InChI=1S/C35H63NO13/c1-12-24-35(9,43)29(39)20(5)27(37)17(2)15-33(7,42)25(49-32-28(38)22(36-10)13-18(3)45-32)14-23(19(4)31(41)48-24)47-26-16-34(8,44-11)30(40)21(6)46-26/h17-26,28-30,32,36,38-40,42-43H,12-16H2,1-11H3/t17-,18-,19-,20+,21+,22+,23+,24-,25-,26+,28-,29-,30+,32+,33-,34-,35-/m1/s1. The minimum absolute atomic E-state index is 0.100. The van der Waals surface area contributed by atoms with E-state index in [1.165, 1.54) is 27.9 Å². The van der Waals surface area contributed by atoms with Gasteiger partial charge in [-0.25, -0.2) is 0 Å². The van der Waals surface area contributed by atoms with Crippen molar-refractivity contribution in [2.75, 3.05) is 14.2 Å². The maximum absolute atomic E-state index is 13.9. The number of methoxy groups -OCH3 is 1. The van der Waals surface area contributed by atoms with Gasteiger partial charge in [0.2, 0.25) is 0 Å². The molecule has 0 aromatic carbocycles. The van der Waals surface area contributed by atoms with Gasteiger partial charge in [-0.3, -0.25) is 9.59 Å². The summed E-state index contributed by atoms with van der Waals surface area (Å²) in [6.45, 7) is 14.5. The van der Waals surface area contributed by atoms with Crippen molar-refractivity contribution in [2.24, 2.45) is 17.8 Å². The molecule has 3 fully saturated rings. The van der Waals surface area contributed by atoms with Crippen molar-refractivity contribution in [2.45, 2.75) is 179 Å². The molecule has 286 valence electrons. The van der Waals surface area contributed by atoms with Crippen molar-refractivity contribution >= 4 is 11.8 Å². The third kappa shape index (κ3) is 9.39. The van der Waals surface area contributed by atoms with Crippen LogP contribution in [0.25, 0.3) is 0 Å². The summed E-state index contributed by atoms with van der Waals surface area (Å²) in [5.41, 5.74) is -4.79. The van der Waals surface area contributed by atoms with Gasteiger partial charge in [-0.2, -0.15) is 0 Å². The summed E-state index contributed by atoms with van der Waals surface area (Å²) in [6.07, 6.45) is -9.72. The highest BCUT2D eigenvalue weighted by Crippen LogP contribution is 2.38. The molecular weight excluding hydrogens is 642 g/mol. The second kappa shape index (κ2) is 16.6. The molecule has 14 heteroatoms. The van der Waals surface area contributed by atoms with Crippen LogP contribution in [0, 0.1) is 17.8 Å². The number of cyclic esters (lactones) is 1. The summed E-state index contributed by atoms with van der Waals surface area (Å²) >= 11 is 0. The highest BCUT2D eigenvalue weighted by atomic mass is 16.7. The Hall–Kier alpha value is -1.30. The number of likely N-dealkylation sites (N-methyl/N-ethyl adjacent to an activating group) is 1. The summed E-state index contributed by atoms with van der Waals surface area (Å²) in [5.74, 6) is -4.09. The molecule has 0 aromatic rings. The number of hydrogen-bond donors (Lipinski definition) is 6. The summed E-state index contributed by atoms with van der Waals surface area (Å²) in [7, 11) is 3.20. The first-order valence-corrected chi connectivity index (χ1v) is 17.7. The van der Waals surface area contributed by atoms with Gasteiger partial charge in [-0.05, 0) is 67.9 Å². The summed E-state index contributed by atoms with van der Waals surface area (Å²) in [4.78, 5) is 27.6. The van der Waals surface area contributed by atoms with E-state index in [2.05, 4.69) is 5.32 Å². The van der Waals surface area contributed by atoms with Gasteiger partial charge in [0.15, 0.2) is 12.6 Å². The van der Waals surface area contributed by atoms with Gasteiger partial charge in [0.25, 0.3) is 0 Å². The zero-order valence-corrected chi connectivity index (χ0v) is 31.1. The van der Waals surface area contributed by atoms with Crippen LogP contribution < -0.4 is 5.32 Å². The zero-order chi connectivity index (χ0) is 37.2. The maximum atomic E-state index is 13.9. The number of nitrogens with one attached hydrogen (secondary N) is 1.